The first-order chi connectivity index (χ1) is 12.5. The number of aromatic hydroxyl groups is 1. The average molecular weight is 360 g/mol. The van der Waals surface area contributed by atoms with Crippen molar-refractivity contribution in [3.05, 3.63) is 53.6 Å². The number of hydrogen-bond acceptors (Lipinski definition) is 4. The smallest absolute Gasteiger partial charge is 0.336 e. The number of benzene rings is 2. The lowest BCUT2D eigenvalue weighted by Gasteiger charge is -2.08. The molecule has 5 heteroatoms. The summed E-state index contributed by atoms with van der Waals surface area (Å²) in [6.07, 6.45) is 1.50. The number of aliphatic carboxylic acids is 1. The predicted octanol–water partition coefficient (Wildman–Crippen LogP) is 5.09. The number of rotatable bonds is 5. The fraction of sp³-hybridized carbons (Fsp3) is 0.286. The number of phenols is 1. The zero-order valence-electron chi connectivity index (χ0n) is 16.2. The van der Waals surface area contributed by atoms with Gasteiger partial charge in [-0.1, -0.05) is 39.8 Å². The molecular weight excluding hydrogens is 332 g/mol. The van der Waals surface area contributed by atoms with Crippen molar-refractivity contribution >= 4 is 17.6 Å². The SMILES string of the molecule is CC.CC.COc1cc(/C=C(/C(=O)O)c2cccc(O)c2)cc(OC)c1. The van der Waals surface area contributed by atoms with Crippen molar-refractivity contribution in [2.24, 2.45) is 0 Å². The molecular formula is C21H28O5. The van der Waals surface area contributed by atoms with Gasteiger partial charge in [-0.2, -0.15) is 0 Å². The van der Waals surface area contributed by atoms with Crippen LogP contribution in [0.1, 0.15) is 38.8 Å². The normalized spacial score (nSPS) is 9.85. The summed E-state index contributed by atoms with van der Waals surface area (Å²) in [5.41, 5.74) is 1.09. The molecule has 5 nitrogen and oxygen atoms in total. The first-order valence-corrected chi connectivity index (χ1v) is 8.51. The topological polar surface area (TPSA) is 76.0 Å². The Labute approximate surface area is 155 Å². The lowest BCUT2D eigenvalue weighted by atomic mass is 10.0. The Hall–Kier alpha value is -2.95. The summed E-state index contributed by atoms with van der Waals surface area (Å²) in [7, 11) is 3.05. The van der Waals surface area contributed by atoms with Gasteiger partial charge in [0, 0.05) is 6.07 Å². The van der Waals surface area contributed by atoms with Gasteiger partial charge in [0.25, 0.3) is 0 Å². The van der Waals surface area contributed by atoms with E-state index in [4.69, 9.17) is 9.47 Å². The number of carbonyl (C=O) groups is 1. The van der Waals surface area contributed by atoms with Crippen LogP contribution in [0.5, 0.6) is 17.2 Å². The number of phenolic OH excluding ortho intramolecular Hbond substituents is 1. The summed E-state index contributed by atoms with van der Waals surface area (Å²) in [4.78, 5) is 11.5. The van der Waals surface area contributed by atoms with Crippen molar-refractivity contribution < 1.29 is 24.5 Å². The molecule has 0 atom stereocenters. The van der Waals surface area contributed by atoms with Crippen LogP contribution < -0.4 is 9.47 Å². The fourth-order valence-corrected chi connectivity index (χ4v) is 2.02. The molecule has 0 heterocycles. The molecule has 2 aromatic carbocycles. The maximum absolute atomic E-state index is 11.5. The molecule has 0 aliphatic rings. The number of hydrogen-bond donors (Lipinski definition) is 2. The van der Waals surface area contributed by atoms with Gasteiger partial charge in [-0.25, -0.2) is 4.79 Å². The van der Waals surface area contributed by atoms with Gasteiger partial charge in [-0.05, 0) is 41.5 Å². The second-order valence-electron chi connectivity index (χ2n) is 4.56. The van der Waals surface area contributed by atoms with E-state index in [2.05, 4.69) is 0 Å². The maximum Gasteiger partial charge on any atom is 0.336 e. The predicted molar refractivity (Wildman–Crippen MR) is 106 cm³/mol. The maximum atomic E-state index is 11.5. The van der Waals surface area contributed by atoms with Crippen LogP contribution in [0.15, 0.2) is 42.5 Å². The highest BCUT2D eigenvalue weighted by Gasteiger charge is 2.12. The molecule has 0 aliphatic carbocycles. The number of ether oxygens (including phenoxy) is 2. The first-order valence-electron chi connectivity index (χ1n) is 8.51. The van der Waals surface area contributed by atoms with Gasteiger partial charge < -0.3 is 19.7 Å². The van der Waals surface area contributed by atoms with Gasteiger partial charge in [-0.15, -0.1) is 0 Å². The van der Waals surface area contributed by atoms with Crippen LogP contribution in [0.2, 0.25) is 0 Å². The van der Waals surface area contributed by atoms with Crippen molar-refractivity contribution in [1.82, 2.24) is 0 Å². The van der Waals surface area contributed by atoms with Gasteiger partial charge in [-0.3, -0.25) is 0 Å². The third kappa shape index (κ3) is 6.89. The summed E-state index contributed by atoms with van der Waals surface area (Å²) >= 11 is 0. The zero-order chi connectivity index (χ0) is 20.1. The van der Waals surface area contributed by atoms with Crippen molar-refractivity contribution in [2.75, 3.05) is 14.2 Å². The summed E-state index contributed by atoms with van der Waals surface area (Å²) in [6, 6.07) is 11.2. The van der Waals surface area contributed by atoms with Crippen molar-refractivity contribution in [2.45, 2.75) is 27.7 Å². The molecule has 0 radical (unpaired) electrons. The fourth-order valence-electron chi connectivity index (χ4n) is 2.02. The van der Waals surface area contributed by atoms with E-state index in [1.165, 1.54) is 32.4 Å². The highest BCUT2D eigenvalue weighted by molar-refractivity contribution is 6.20. The van der Waals surface area contributed by atoms with E-state index in [0.717, 1.165) is 0 Å². The Kier molecular flexibility index (Phi) is 11.0. The van der Waals surface area contributed by atoms with Crippen LogP contribution >= 0.6 is 0 Å². The van der Waals surface area contributed by atoms with E-state index in [0.29, 0.717) is 22.6 Å². The molecule has 142 valence electrons. The van der Waals surface area contributed by atoms with Gasteiger partial charge in [0.1, 0.15) is 17.2 Å². The summed E-state index contributed by atoms with van der Waals surface area (Å²) < 4.78 is 10.3. The Morgan fingerprint density at radius 1 is 0.923 bits per heavy atom. The van der Waals surface area contributed by atoms with Crippen LogP contribution in [0.4, 0.5) is 0 Å². The monoisotopic (exact) mass is 360 g/mol. The first kappa shape index (κ1) is 23.1. The molecule has 0 saturated carbocycles. The van der Waals surface area contributed by atoms with E-state index >= 15 is 0 Å². The quantitative estimate of drug-likeness (QED) is 0.574. The minimum absolute atomic E-state index is 0.00729. The largest absolute Gasteiger partial charge is 0.508 e. The molecule has 0 aliphatic heterocycles. The summed E-state index contributed by atoms with van der Waals surface area (Å²) in [6.45, 7) is 8.00. The molecule has 0 amide bonds. The minimum atomic E-state index is -1.09. The third-order valence-electron chi connectivity index (χ3n) is 3.07. The van der Waals surface area contributed by atoms with Gasteiger partial charge in [0.05, 0.1) is 19.8 Å². The number of methoxy groups -OCH3 is 2. The average Bonchev–Trinajstić information content (AvgIpc) is 2.68. The second kappa shape index (κ2) is 12.4. The molecule has 0 bridgehead atoms. The third-order valence-corrected chi connectivity index (χ3v) is 3.07. The molecule has 0 unspecified atom stereocenters. The Morgan fingerprint density at radius 2 is 1.46 bits per heavy atom. The molecule has 0 fully saturated rings. The van der Waals surface area contributed by atoms with E-state index in [9.17, 15) is 15.0 Å². The van der Waals surface area contributed by atoms with Crippen LogP contribution in [0.3, 0.4) is 0 Å². The highest BCUT2D eigenvalue weighted by Crippen LogP contribution is 2.27. The van der Waals surface area contributed by atoms with E-state index in [-0.39, 0.29) is 11.3 Å². The second-order valence-corrected chi connectivity index (χ2v) is 4.56. The summed E-state index contributed by atoms with van der Waals surface area (Å²) in [5.74, 6) is 0.0396. The van der Waals surface area contributed by atoms with Crippen LogP contribution in [0.25, 0.3) is 11.6 Å². The lowest BCUT2D eigenvalue weighted by Crippen LogP contribution is -1.99. The van der Waals surface area contributed by atoms with Crippen molar-refractivity contribution in [1.29, 1.82) is 0 Å². The van der Waals surface area contributed by atoms with Crippen LogP contribution in [-0.4, -0.2) is 30.4 Å². The zero-order valence-corrected chi connectivity index (χ0v) is 16.2. The van der Waals surface area contributed by atoms with Crippen LogP contribution in [-0.2, 0) is 4.79 Å². The van der Waals surface area contributed by atoms with E-state index < -0.39 is 5.97 Å². The van der Waals surface area contributed by atoms with Gasteiger partial charge in [0.2, 0.25) is 0 Å². The Balaban J connectivity index is 0.00000146. The van der Waals surface area contributed by atoms with Gasteiger partial charge in [0.15, 0.2) is 0 Å². The Morgan fingerprint density at radius 3 is 1.88 bits per heavy atom. The van der Waals surface area contributed by atoms with Crippen LogP contribution in [0, 0.1) is 0 Å². The lowest BCUT2D eigenvalue weighted by molar-refractivity contribution is -0.130. The molecule has 0 saturated heterocycles. The molecule has 2 rings (SSSR count). The molecule has 0 spiro atoms. The summed E-state index contributed by atoms with van der Waals surface area (Å²) in [5, 5.41) is 18.9. The molecule has 26 heavy (non-hydrogen) atoms. The van der Waals surface area contributed by atoms with E-state index in [1.807, 2.05) is 27.7 Å². The number of carboxylic acid groups (broad SMARTS) is 1. The van der Waals surface area contributed by atoms with Crippen molar-refractivity contribution in [3.8, 4) is 17.2 Å². The molecule has 0 aromatic heterocycles. The highest BCUT2D eigenvalue weighted by atomic mass is 16.5. The standard InChI is InChI=1S/C17H16O5.2C2H6/c1-21-14-6-11(7-15(10-14)22-2)8-16(17(19)20)12-4-3-5-13(18)9-12;2*1-2/h3-10,18H,1-2H3,(H,19,20);2*1-2H3/b16-8+;;. The minimum Gasteiger partial charge on any atom is -0.508 e. The Bertz CT molecular complexity index is 698. The van der Waals surface area contributed by atoms with Gasteiger partial charge >= 0.3 is 5.97 Å². The number of carboxylic acids is 1. The molecule has 2 aromatic rings. The van der Waals surface area contributed by atoms with Crippen molar-refractivity contribution in [3.63, 3.8) is 0 Å². The molecule has 2 N–H and O–H groups in total. The van der Waals surface area contributed by atoms with E-state index in [1.54, 1.807) is 30.3 Å².